The fourth-order valence-electron chi connectivity index (χ4n) is 4.95. The summed E-state index contributed by atoms with van der Waals surface area (Å²) in [5.74, 6) is -0.338. The van der Waals surface area contributed by atoms with Gasteiger partial charge in [-0.15, -0.1) is 11.3 Å². The molecule has 0 unspecified atom stereocenters. The highest BCUT2D eigenvalue weighted by Gasteiger charge is 2.32. The van der Waals surface area contributed by atoms with Gasteiger partial charge in [-0.3, -0.25) is 9.59 Å². The molecule has 4 heterocycles. The van der Waals surface area contributed by atoms with Crippen molar-refractivity contribution >= 4 is 38.2 Å². The smallest absolute Gasteiger partial charge is 0.257 e. The van der Waals surface area contributed by atoms with Crippen LogP contribution in [0, 0.1) is 0 Å². The molecular weight excluding hydrogens is 472 g/mol. The summed E-state index contributed by atoms with van der Waals surface area (Å²) in [6.07, 6.45) is 4.55. The van der Waals surface area contributed by atoms with Crippen LogP contribution in [0.25, 0.3) is 0 Å². The van der Waals surface area contributed by atoms with Crippen molar-refractivity contribution in [1.82, 2.24) is 14.1 Å². The monoisotopic (exact) mass is 502 g/mol. The predicted molar refractivity (Wildman–Crippen MR) is 132 cm³/mol. The Balaban J connectivity index is 1.39. The van der Waals surface area contributed by atoms with Gasteiger partial charge in [-0.25, -0.2) is 8.42 Å². The lowest BCUT2D eigenvalue weighted by atomic mass is 10.0. The minimum absolute atomic E-state index is 0.00177. The van der Waals surface area contributed by atoms with E-state index in [0.29, 0.717) is 29.2 Å². The summed E-state index contributed by atoms with van der Waals surface area (Å²) in [5, 5.41) is 3.56. The standard InChI is InChI=1S/C24H30N4O4S2/c1-26-15-10-19-20(16-26)33-23(21(19)24(30)27-11-2-3-12-27)25-22(29)17-6-8-18(9-7-17)34(31,32)28-13-4-5-14-28/h6-9H,2-5,10-16H2,1H3,(H,25,29). The maximum absolute atomic E-state index is 13.4. The average Bonchev–Trinajstić information content (AvgIpc) is 3.59. The van der Waals surface area contributed by atoms with Crippen molar-refractivity contribution in [3.8, 4) is 0 Å². The molecule has 0 bridgehead atoms. The molecule has 0 radical (unpaired) electrons. The second-order valence-electron chi connectivity index (χ2n) is 9.28. The molecular formula is C24H30N4O4S2. The Morgan fingerprint density at radius 1 is 0.941 bits per heavy atom. The number of hydrogen-bond acceptors (Lipinski definition) is 6. The van der Waals surface area contributed by atoms with E-state index in [1.165, 1.54) is 27.8 Å². The van der Waals surface area contributed by atoms with Crippen molar-refractivity contribution in [2.24, 2.45) is 0 Å². The van der Waals surface area contributed by atoms with Gasteiger partial charge in [0.2, 0.25) is 10.0 Å². The van der Waals surface area contributed by atoms with Gasteiger partial charge in [0.1, 0.15) is 5.00 Å². The Morgan fingerprint density at radius 2 is 1.59 bits per heavy atom. The van der Waals surface area contributed by atoms with Crippen molar-refractivity contribution in [2.45, 2.75) is 43.5 Å². The zero-order valence-corrected chi connectivity index (χ0v) is 21.0. The molecule has 2 aromatic rings. The van der Waals surface area contributed by atoms with Gasteiger partial charge in [-0.1, -0.05) is 0 Å². The number of likely N-dealkylation sites (N-methyl/N-ethyl adjacent to an activating group) is 1. The van der Waals surface area contributed by atoms with Crippen LogP contribution < -0.4 is 5.32 Å². The molecule has 34 heavy (non-hydrogen) atoms. The lowest BCUT2D eigenvalue weighted by Crippen LogP contribution is -2.31. The molecule has 5 rings (SSSR count). The molecule has 10 heteroatoms. The Morgan fingerprint density at radius 3 is 2.26 bits per heavy atom. The molecule has 3 aliphatic rings. The van der Waals surface area contributed by atoms with E-state index in [0.717, 1.165) is 68.7 Å². The van der Waals surface area contributed by atoms with E-state index in [1.807, 2.05) is 4.90 Å². The SMILES string of the molecule is CN1CCc2c(sc(NC(=O)c3ccc(S(=O)(=O)N4CCCC4)cc3)c2C(=O)N2CCCC2)C1. The minimum Gasteiger partial charge on any atom is -0.339 e. The zero-order valence-electron chi connectivity index (χ0n) is 19.4. The van der Waals surface area contributed by atoms with Crippen LogP contribution in [0.15, 0.2) is 29.2 Å². The van der Waals surface area contributed by atoms with E-state index in [9.17, 15) is 18.0 Å². The third-order valence-corrected chi connectivity index (χ3v) is 9.95. The Kier molecular flexibility index (Phi) is 6.49. The third kappa shape index (κ3) is 4.39. The molecule has 0 saturated carbocycles. The van der Waals surface area contributed by atoms with E-state index in [2.05, 4.69) is 17.3 Å². The van der Waals surface area contributed by atoms with Gasteiger partial charge in [0.05, 0.1) is 10.5 Å². The summed E-state index contributed by atoms with van der Waals surface area (Å²) in [6, 6.07) is 6.07. The number of anilines is 1. The van der Waals surface area contributed by atoms with Crippen LogP contribution in [-0.4, -0.2) is 74.1 Å². The molecule has 2 fully saturated rings. The number of thiophene rings is 1. The van der Waals surface area contributed by atoms with Crippen molar-refractivity contribution in [3.63, 3.8) is 0 Å². The first-order valence-corrected chi connectivity index (χ1v) is 14.1. The van der Waals surface area contributed by atoms with E-state index in [-0.39, 0.29) is 16.7 Å². The van der Waals surface area contributed by atoms with Gasteiger partial charge in [-0.05, 0) is 69.0 Å². The molecule has 1 N–H and O–H groups in total. The molecule has 182 valence electrons. The van der Waals surface area contributed by atoms with Crippen molar-refractivity contribution in [3.05, 3.63) is 45.8 Å². The maximum atomic E-state index is 13.4. The van der Waals surface area contributed by atoms with Crippen LogP contribution in [0.5, 0.6) is 0 Å². The summed E-state index contributed by atoms with van der Waals surface area (Å²) < 4.78 is 27.0. The summed E-state index contributed by atoms with van der Waals surface area (Å²) >= 11 is 1.48. The van der Waals surface area contributed by atoms with Crippen LogP contribution in [0.4, 0.5) is 5.00 Å². The largest absolute Gasteiger partial charge is 0.339 e. The lowest BCUT2D eigenvalue weighted by Gasteiger charge is -2.23. The first kappa shape index (κ1) is 23.5. The van der Waals surface area contributed by atoms with Crippen LogP contribution in [0.2, 0.25) is 0 Å². The van der Waals surface area contributed by atoms with Crippen molar-refractivity contribution in [1.29, 1.82) is 0 Å². The van der Waals surface area contributed by atoms with E-state index >= 15 is 0 Å². The molecule has 3 aliphatic heterocycles. The second kappa shape index (κ2) is 9.41. The van der Waals surface area contributed by atoms with E-state index in [4.69, 9.17) is 0 Å². The topological polar surface area (TPSA) is 90.0 Å². The number of rotatable bonds is 5. The number of carbonyl (C=O) groups excluding carboxylic acids is 2. The summed E-state index contributed by atoms with van der Waals surface area (Å²) in [5.41, 5.74) is 2.06. The molecule has 1 aromatic carbocycles. The fraction of sp³-hybridized carbons (Fsp3) is 0.500. The van der Waals surface area contributed by atoms with Crippen LogP contribution >= 0.6 is 11.3 Å². The Hall–Kier alpha value is -2.27. The fourth-order valence-corrected chi connectivity index (χ4v) is 7.79. The van der Waals surface area contributed by atoms with Gasteiger partial charge >= 0.3 is 0 Å². The predicted octanol–water partition coefficient (Wildman–Crippen LogP) is 3.01. The highest BCUT2D eigenvalue weighted by Crippen LogP contribution is 2.38. The van der Waals surface area contributed by atoms with Crippen LogP contribution in [0.3, 0.4) is 0 Å². The zero-order chi connectivity index (χ0) is 23.9. The number of amides is 2. The van der Waals surface area contributed by atoms with Gasteiger partial charge in [0.25, 0.3) is 11.8 Å². The number of nitrogens with one attached hydrogen (secondary N) is 1. The minimum atomic E-state index is -3.53. The maximum Gasteiger partial charge on any atom is 0.257 e. The average molecular weight is 503 g/mol. The number of hydrogen-bond donors (Lipinski definition) is 1. The van der Waals surface area contributed by atoms with E-state index in [1.54, 1.807) is 12.1 Å². The highest BCUT2D eigenvalue weighted by atomic mass is 32.2. The number of carbonyl (C=O) groups is 2. The van der Waals surface area contributed by atoms with Gasteiger partial charge in [-0.2, -0.15) is 4.31 Å². The summed E-state index contributed by atoms with van der Waals surface area (Å²) in [7, 11) is -1.47. The van der Waals surface area contributed by atoms with Crippen LogP contribution in [-0.2, 0) is 23.0 Å². The second-order valence-corrected chi connectivity index (χ2v) is 12.3. The van der Waals surface area contributed by atoms with Gasteiger partial charge < -0.3 is 15.1 Å². The molecule has 0 aliphatic carbocycles. The van der Waals surface area contributed by atoms with Crippen LogP contribution in [0.1, 0.15) is 56.8 Å². The van der Waals surface area contributed by atoms with Crippen molar-refractivity contribution in [2.75, 3.05) is 45.1 Å². The quantitative estimate of drug-likeness (QED) is 0.679. The third-order valence-electron chi connectivity index (χ3n) is 6.90. The summed E-state index contributed by atoms with van der Waals surface area (Å²) in [4.78, 5) is 31.9. The van der Waals surface area contributed by atoms with Gasteiger partial charge in [0.15, 0.2) is 0 Å². The molecule has 2 saturated heterocycles. The summed E-state index contributed by atoms with van der Waals surface area (Å²) in [6.45, 7) is 4.23. The Bertz CT molecular complexity index is 1190. The number of fused-ring (bicyclic) bond motifs is 1. The first-order valence-electron chi connectivity index (χ1n) is 11.9. The van der Waals surface area contributed by atoms with Crippen molar-refractivity contribution < 1.29 is 18.0 Å². The molecule has 8 nitrogen and oxygen atoms in total. The molecule has 2 amide bonds. The normalized spacial score (nSPS) is 19.4. The Labute approximate surface area is 204 Å². The number of nitrogens with zero attached hydrogens (tertiary/aromatic N) is 3. The molecule has 0 spiro atoms. The van der Waals surface area contributed by atoms with E-state index < -0.39 is 10.0 Å². The van der Waals surface area contributed by atoms with Gasteiger partial charge in [0, 0.05) is 49.7 Å². The first-order chi connectivity index (χ1) is 16.3. The molecule has 1 aromatic heterocycles. The molecule has 0 atom stereocenters. The highest BCUT2D eigenvalue weighted by molar-refractivity contribution is 7.89. The lowest BCUT2D eigenvalue weighted by molar-refractivity contribution is 0.0792. The number of sulfonamides is 1. The number of benzene rings is 1. The number of likely N-dealkylation sites (tertiary alicyclic amines) is 1.